The molecule has 0 fully saturated rings. The largest absolute Gasteiger partial charge is 0.480 e. The maximum Gasteiger partial charge on any atom is 0.327 e. The van der Waals surface area contributed by atoms with E-state index in [-0.39, 0.29) is 12.3 Å². The van der Waals surface area contributed by atoms with Gasteiger partial charge in [-0.3, -0.25) is 4.79 Å². The zero-order valence-corrected chi connectivity index (χ0v) is 10.6. The van der Waals surface area contributed by atoms with Crippen molar-refractivity contribution < 1.29 is 14.7 Å². The third kappa shape index (κ3) is 5.73. The van der Waals surface area contributed by atoms with Crippen molar-refractivity contribution in [3.8, 4) is 12.3 Å². The number of rotatable bonds is 7. The minimum atomic E-state index is -1.10. The number of carboxylic acids is 1. The Labute approximate surface area is 112 Å². The van der Waals surface area contributed by atoms with E-state index in [1.165, 1.54) is 0 Å². The molecular weight excluding hydrogens is 242 g/mol. The van der Waals surface area contributed by atoms with Gasteiger partial charge in [0.2, 0.25) is 5.91 Å². The molecule has 4 nitrogen and oxygen atoms in total. The first kappa shape index (κ1) is 14.8. The average Bonchev–Trinajstić information content (AvgIpc) is 2.39. The SMILES string of the molecule is C#CCC(NC(=O)CCCc1ccccc1)C(=O)O. The quantitative estimate of drug-likeness (QED) is 0.731. The summed E-state index contributed by atoms with van der Waals surface area (Å²) in [7, 11) is 0. The smallest absolute Gasteiger partial charge is 0.327 e. The molecule has 0 saturated carbocycles. The number of hydrogen-bond acceptors (Lipinski definition) is 2. The first-order valence-corrected chi connectivity index (χ1v) is 6.13. The number of hydrogen-bond donors (Lipinski definition) is 2. The lowest BCUT2D eigenvalue weighted by molar-refractivity contribution is -0.141. The summed E-state index contributed by atoms with van der Waals surface area (Å²) in [5.41, 5.74) is 1.16. The van der Waals surface area contributed by atoms with Crippen molar-refractivity contribution in [2.75, 3.05) is 0 Å². The number of benzene rings is 1. The van der Waals surface area contributed by atoms with Crippen LogP contribution < -0.4 is 5.32 Å². The van der Waals surface area contributed by atoms with E-state index in [9.17, 15) is 9.59 Å². The van der Waals surface area contributed by atoms with E-state index < -0.39 is 12.0 Å². The van der Waals surface area contributed by atoms with Crippen molar-refractivity contribution in [3.05, 3.63) is 35.9 Å². The predicted molar refractivity (Wildman–Crippen MR) is 72.4 cm³/mol. The van der Waals surface area contributed by atoms with Gasteiger partial charge in [-0.25, -0.2) is 4.79 Å². The second kappa shape index (κ2) is 7.93. The van der Waals surface area contributed by atoms with Gasteiger partial charge in [0, 0.05) is 12.8 Å². The monoisotopic (exact) mass is 259 g/mol. The first-order valence-electron chi connectivity index (χ1n) is 6.13. The van der Waals surface area contributed by atoms with Crippen LogP contribution in [0.3, 0.4) is 0 Å². The van der Waals surface area contributed by atoms with Crippen LogP contribution in [0.2, 0.25) is 0 Å². The van der Waals surface area contributed by atoms with Crippen molar-refractivity contribution in [2.45, 2.75) is 31.7 Å². The van der Waals surface area contributed by atoms with E-state index in [1.54, 1.807) is 0 Å². The van der Waals surface area contributed by atoms with Gasteiger partial charge in [-0.05, 0) is 18.4 Å². The molecule has 0 heterocycles. The Bertz CT molecular complexity index is 462. The lowest BCUT2D eigenvalue weighted by Gasteiger charge is -2.11. The summed E-state index contributed by atoms with van der Waals surface area (Å²) in [6.07, 6.45) is 6.82. The number of carbonyl (C=O) groups is 2. The van der Waals surface area contributed by atoms with Crippen LogP contribution in [0, 0.1) is 12.3 Å². The zero-order valence-electron chi connectivity index (χ0n) is 10.6. The summed E-state index contributed by atoms with van der Waals surface area (Å²) in [5.74, 6) is 0.859. The van der Waals surface area contributed by atoms with Crippen molar-refractivity contribution in [3.63, 3.8) is 0 Å². The fraction of sp³-hybridized carbons (Fsp3) is 0.333. The maximum atomic E-state index is 11.6. The van der Waals surface area contributed by atoms with Gasteiger partial charge in [-0.1, -0.05) is 30.3 Å². The van der Waals surface area contributed by atoms with Crippen molar-refractivity contribution >= 4 is 11.9 Å². The fourth-order valence-corrected chi connectivity index (χ4v) is 1.68. The van der Waals surface area contributed by atoms with Gasteiger partial charge in [0.15, 0.2) is 0 Å². The van der Waals surface area contributed by atoms with Crippen molar-refractivity contribution in [1.82, 2.24) is 5.32 Å². The van der Waals surface area contributed by atoms with Gasteiger partial charge in [-0.15, -0.1) is 12.3 Å². The van der Waals surface area contributed by atoms with Crippen LogP contribution in [0.4, 0.5) is 0 Å². The number of aliphatic carboxylic acids is 1. The molecule has 19 heavy (non-hydrogen) atoms. The van der Waals surface area contributed by atoms with Crippen molar-refractivity contribution in [1.29, 1.82) is 0 Å². The van der Waals surface area contributed by atoms with Gasteiger partial charge < -0.3 is 10.4 Å². The number of amides is 1. The summed E-state index contributed by atoms with van der Waals surface area (Å²) in [6.45, 7) is 0. The van der Waals surface area contributed by atoms with Crippen LogP contribution in [0.15, 0.2) is 30.3 Å². The standard InChI is InChI=1S/C15H17NO3/c1-2-7-13(15(18)19)16-14(17)11-6-10-12-8-4-3-5-9-12/h1,3-5,8-9,13H,6-7,10-11H2,(H,16,17)(H,18,19). The molecule has 1 rings (SSSR count). The van der Waals surface area contributed by atoms with Crippen LogP contribution in [0.1, 0.15) is 24.8 Å². The molecule has 0 aliphatic rings. The molecule has 1 amide bonds. The van der Waals surface area contributed by atoms with Crippen LogP contribution in [0.5, 0.6) is 0 Å². The van der Waals surface area contributed by atoms with E-state index in [2.05, 4.69) is 11.2 Å². The van der Waals surface area contributed by atoms with Gasteiger partial charge in [-0.2, -0.15) is 0 Å². The highest BCUT2D eigenvalue weighted by molar-refractivity contribution is 5.83. The number of carboxylic acid groups (broad SMARTS) is 1. The molecule has 1 aromatic carbocycles. The molecule has 2 N–H and O–H groups in total. The van der Waals surface area contributed by atoms with Gasteiger partial charge in [0.05, 0.1) is 0 Å². The van der Waals surface area contributed by atoms with Gasteiger partial charge in [0.25, 0.3) is 0 Å². The number of nitrogens with one attached hydrogen (secondary N) is 1. The summed E-state index contributed by atoms with van der Waals surface area (Å²) in [5, 5.41) is 11.3. The second-order valence-electron chi connectivity index (χ2n) is 4.21. The topological polar surface area (TPSA) is 66.4 Å². The molecule has 0 bridgehead atoms. The Balaban J connectivity index is 2.31. The molecule has 1 atom stereocenters. The maximum absolute atomic E-state index is 11.6. The Morgan fingerprint density at radius 2 is 2.00 bits per heavy atom. The molecule has 100 valence electrons. The van der Waals surface area contributed by atoms with Crippen LogP contribution >= 0.6 is 0 Å². The molecule has 0 radical (unpaired) electrons. The van der Waals surface area contributed by atoms with Crippen LogP contribution in [-0.4, -0.2) is 23.0 Å². The normalized spacial score (nSPS) is 11.3. The lowest BCUT2D eigenvalue weighted by Crippen LogP contribution is -2.40. The molecule has 4 heteroatoms. The summed E-state index contributed by atoms with van der Waals surface area (Å²) in [6, 6.07) is 8.83. The van der Waals surface area contributed by atoms with E-state index >= 15 is 0 Å². The third-order valence-electron chi connectivity index (χ3n) is 2.67. The highest BCUT2D eigenvalue weighted by atomic mass is 16.4. The number of carbonyl (C=O) groups excluding carboxylic acids is 1. The average molecular weight is 259 g/mol. The third-order valence-corrected chi connectivity index (χ3v) is 2.67. The van der Waals surface area contributed by atoms with E-state index in [1.807, 2.05) is 30.3 Å². The molecule has 0 aliphatic carbocycles. The molecule has 1 unspecified atom stereocenters. The molecule has 0 saturated heterocycles. The van der Waals surface area contributed by atoms with Crippen molar-refractivity contribution in [2.24, 2.45) is 0 Å². The van der Waals surface area contributed by atoms with Gasteiger partial charge in [0.1, 0.15) is 6.04 Å². The minimum Gasteiger partial charge on any atom is -0.480 e. The Hall–Kier alpha value is -2.28. The molecule has 0 spiro atoms. The van der Waals surface area contributed by atoms with Gasteiger partial charge >= 0.3 is 5.97 Å². The number of aryl methyl sites for hydroxylation is 1. The van der Waals surface area contributed by atoms with Crippen LogP contribution in [0.25, 0.3) is 0 Å². The lowest BCUT2D eigenvalue weighted by atomic mass is 10.1. The molecular formula is C15H17NO3. The first-order chi connectivity index (χ1) is 9.13. The highest BCUT2D eigenvalue weighted by Gasteiger charge is 2.18. The predicted octanol–water partition coefficient (Wildman–Crippen LogP) is 1.60. The van der Waals surface area contributed by atoms with E-state index in [0.717, 1.165) is 12.0 Å². The molecule has 0 aliphatic heterocycles. The fourth-order valence-electron chi connectivity index (χ4n) is 1.68. The zero-order chi connectivity index (χ0) is 14.1. The highest BCUT2D eigenvalue weighted by Crippen LogP contribution is 2.04. The Morgan fingerprint density at radius 3 is 2.58 bits per heavy atom. The summed E-state index contributed by atoms with van der Waals surface area (Å²) >= 11 is 0. The number of terminal acetylenes is 1. The second-order valence-corrected chi connectivity index (χ2v) is 4.21. The Morgan fingerprint density at radius 1 is 1.32 bits per heavy atom. The Kier molecular flexibility index (Phi) is 6.17. The van der Waals surface area contributed by atoms with Crippen LogP contribution in [-0.2, 0) is 16.0 Å². The van der Waals surface area contributed by atoms with E-state index in [4.69, 9.17) is 11.5 Å². The molecule has 1 aromatic rings. The minimum absolute atomic E-state index is 0.000239. The summed E-state index contributed by atoms with van der Waals surface area (Å²) < 4.78 is 0. The molecule has 0 aromatic heterocycles. The van der Waals surface area contributed by atoms with E-state index in [0.29, 0.717) is 12.8 Å². The summed E-state index contributed by atoms with van der Waals surface area (Å²) in [4.78, 5) is 22.4.